The van der Waals surface area contributed by atoms with E-state index in [0.29, 0.717) is 5.06 Å². The summed E-state index contributed by atoms with van der Waals surface area (Å²) in [7, 11) is 0. The molecule has 0 atom stereocenters. The Labute approximate surface area is 145 Å². The van der Waals surface area contributed by atoms with E-state index in [0.717, 1.165) is 41.3 Å². The predicted octanol–water partition coefficient (Wildman–Crippen LogP) is 4.45. The van der Waals surface area contributed by atoms with Gasteiger partial charge in [-0.25, -0.2) is 9.78 Å². The zero-order valence-electron chi connectivity index (χ0n) is 14.5. The van der Waals surface area contributed by atoms with Crippen molar-refractivity contribution < 1.29 is 14.1 Å². The number of carbonyl (C=O) groups is 1. The highest BCUT2D eigenvalue weighted by Crippen LogP contribution is 2.25. The molecule has 2 heterocycles. The summed E-state index contributed by atoms with van der Waals surface area (Å²) in [4.78, 5) is 15.8. The Hall–Kier alpha value is -2.15. The van der Waals surface area contributed by atoms with Gasteiger partial charge < -0.3 is 14.6 Å². The highest BCUT2D eigenvalue weighted by Gasteiger charge is 2.11. The molecule has 0 spiro atoms. The number of nitrogens with zero attached hydrogens (tertiary/aromatic N) is 2. The molecule has 2 rings (SSSR count). The van der Waals surface area contributed by atoms with Crippen molar-refractivity contribution in [2.45, 2.75) is 53.0 Å². The second-order valence-corrected chi connectivity index (χ2v) is 6.77. The number of ether oxygens (including phenoxy) is 1. The summed E-state index contributed by atoms with van der Waals surface area (Å²) in [5.74, 6) is 0.793. The molecule has 0 fully saturated rings. The van der Waals surface area contributed by atoms with Gasteiger partial charge in [0.25, 0.3) is 0 Å². The number of carbonyl (C=O) groups excluding carboxylic acids is 1. The number of nitrogens with one attached hydrogen (secondary N) is 1. The van der Waals surface area contributed by atoms with Crippen LogP contribution >= 0.6 is 11.3 Å². The zero-order chi connectivity index (χ0) is 17.5. The van der Waals surface area contributed by atoms with E-state index in [2.05, 4.69) is 22.4 Å². The summed E-state index contributed by atoms with van der Waals surface area (Å²) in [5, 5.41) is 8.00. The molecule has 1 N–H and O–H groups in total. The topological polar surface area (TPSA) is 77.2 Å². The van der Waals surface area contributed by atoms with E-state index >= 15 is 0 Å². The zero-order valence-corrected chi connectivity index (χ0v) is 15.3. The highest BCUT2D eigenvalue weighted by atomic mass is 32.1. The minimum atomic E-state index is -0.471. The Balaban J connectivity index is 2.03. The molecular weight excluding hydrogens is 326 g/mol. The number of amides is 1. The monoisotopic (exact) mass is 349 g/mol. The van der Waals surface area contributed by atoms with E-state index in [9.17, 15) is 4.79 Å². The molecule has 0 saturated carbocycles. The van der Waals surface area contributed by atoms with Gasteiger partial charge in [0.1, 0.15) is 10.8 Å². The maximum Gasteiger partial charge on any atom is 0.413 e. The number of hydrogen-bond donors (Lipinski definition) is 1. The molecule has 0 unspecified atom stereocenters. The van der Waals surface area contributed by atoms with E-state index in [1.807, 2.05) is 32.9 Å². The lowest BCUT2D eigenvalue weighted by Crippen LogP contribution is -2.32. The Morgan fingerprint density at radius 3 is 2.96 bits per heavy atom. The van der Waals surface area contributed by atoms with Crippen molar-refractivity contribution in [2.24, 2.45) is 0 Å². The minimum absolute atomic E-state index is 0.0305. The molecule has 7 heteroatoms. The van der Waals surface area contributed by atoms with E-state index in [-0.39, 0.29) is 6.04 Å². The SMILES string of the molecule is CCCCc1noc(C)c1/C=C/c1ncc(OC(=O)NC(C)C)s1. The number of thiazole rings is 1. The fourth-order valence-corrected chi connectivity index (χ4v) is 2.74. The van der Waals surface area contributed by atoms with Gasteiger partial charge in [0, 0.05) is 11.6 Å². The molecule has 130 valence electrons. The van der Waals surface area contributed by atoms with Gasteiger partial charge in [-0.1, -0.05) is 29.8 Å². The lowest BCUT2D eigenvalue weighted by atomic mass is 10.1. The maximum atomic E-state index is 11.6. The predicted molar refractivity (Wildman–Crippen MR) is 95.2 cm³/mol. The standard InChI is InChI=1S/C17H23N3O3S/c1-5-6-7-14-13(12(4)23-20-14)8-9-15-18-10-16(24-15)22-17(21)19-11(2)3/h8-11H,5-7H2,1-4H3,(H,19,21)/b9-8+. The minimum Gasteiger partial charge on any atom is -0.397 e. The van der Waals surface area contributed by atoms with Crippen LogP contribution in [0.25, 0.3) is 12.2 Å². The highest BCUT2D eigenvalue weighted by molar-refractivity contribution is 7.14. The molecule has 0 bridgehead atoms. The van der Waals surface area contributed by atoms with Crippen LogP contribution in [0.3, 0.4) is 0 Å². The van der Waals surface area contributed by atoms with Crippen LogP contribution in [0.1, 0.15) is 55.6 Å². The molecule has 6 nitrogen and oxygen atoms in total. The van der Waals surface area contributed by atoms with Crippen molar-refractivity contribution in [1.29, 1.82) is 0 Å². The van der Waals surface area contributed by atoms with Crippen LogP contribution in [0.4, 0.5) is 4.79 Å². The Bertz CT molecular complexity index is 704. The van der Waals surface area contributed by atoms with Crippen LogP contribution in [-0.4, -0.2) is 22.3 Å². The first-order valence-electron chi connectivity index (χ1n) is 8.07. The molecule has 24 heavy (non-hydrogen) atoms. The second-order valence-electron chi connectivity index (χ2n) is 5.74. The molecule has 2 aromatic rings. The van der Waals surface area contributed by atoms with Crippen LogP contribution in [0.15, 0.2) is 10.7 Å². The summed E-state index contributed by atoms with van der Waals surface area (Å²) in [5.41, 5.74) is 1.97. The molecular formula is C17H23N3O3S. The summed E-state index contributed by atoms with van der Waals surface area (Å²) < 4.78 is 10.5. The molecule has 0 radical (unpaired) electrons. The summed E-state index contributed by atoms with van der Waals surface area (Å²) in [6, 6.07) is 0.0305. The van der Waals surface area contributed by atoms with Crippen LogP contribution in [0.5, 0.6) is 5.06 Å². The average Bonchev–Trinajstić information content (AvgIpc) is 3.09. The van der Waals surface area contributed by atoms with Crippen molar-refractivity contribution >= 4 is 29.6 Å². The van der Waals surface area contributed by atoms with Gasteiger partial charge in [-0.15, -0.1) is 0 Å². The van der Waals surface area contributed by atoms with Crippen molar-refractivity contribution in [3.05, 3.63) is 28.2 Å². The first kappa shape index (κ1) is 18.2. The van der Waals surface area contributed by atoms with Gasteiger partial charge >= 0.3 is 6.09 Å². The van der Waals surface area contributed by atoms with E-state index < -0.39 is 6.09 Å². The normalized spacial score (nSPS) is 11.4. The van der Waals surface area contributed by atoms with Gasteiger partial charge in [0.05, 0.1) is 11.9 Å². The Morgan fingerprint density at radius 1 is 1.46 bits per heavy atom. The lowest BCUT2D eigenvalue weighted by Gasteiger charge is -2.06. The Morgan fingerprint density at radius 2 is 2.25 bits per heavy atom. The van der Waals surface area contributed by atoms with Crippen LogP contribution in [-0.2, 0) is 6.42 Å². The Kier molecular flexibility index (Phi) is 6.54. The van der Waals surface area contributed by atoms with Gasteiger partial charge in [0.2, 0.25) is 5.06 Å². The lowest BCUT2D eigenvalue weighted by molar-refractivity contribution is 0.199. The van der Waals surface area contributed by atoms with Crippen LogP contribution in [0, 0.1) is 6.92 Å². The van der Waals surface area contributed by atoms with Crippen LogP contribution in [0.2, 0.25) is 0 Å². The van der Waals surface area contributed by atoms with Gasteiger partial charge in [-0.2, -0.15) is 0 Å². The fraction of sp³-hybridized carbons (Fsp3) is 0.471. The van der Waals surface area contributed by atoms with Crippen molar-refractivity contribution in [2.75, 3.05) is 0 Å². The van der Waals surface area contributed by atoms with Gasteiger partial charge in [0.15, 0.2) is 0 Å². The smallest absolute Gasteiger partial charge is 0.397 e. The quantitative estimate of drug-likeness (QED) is 0.799. The van der Waals surface area contributed by atoms with Crippen molar-refractivity contribution in [1.82, 2.24) is 15.5 Å². The number of rotatable bonds is 7. The molecule has 0 aromatic carbocycles. The third kappa shape index (κ3) is 5.19. The maximum absolute atomic E-state index is 11.6. The first-order chi connectivity index (χ1) is 11.5. The summed E-state index contributed by atoms with van der Waals surface area (Å²) >= 11 is 1.31. The molecule has 0 aliphatic rings. The molecule has 0 aliphatic carbocycles. The summed E-state index contributed by atoms with van der Waals surface area (Å²) in [6.07, 6.45) is 7.99. The largest absolute Gasteiger partial charge is 0.413 e. The third-order valence-electron chi connectivity index (χ3n) is 3.24. The van der Waals surface area contributed by atoms with E-state index in [4.69, 9.17) is 9.26 Å². The van der Waals surface area contributed by atoms with Crippen molar-refractivity contribution in [3.63, 3.8) is 0 Å². The van der Waals surface area contributed by atoms with Gasteiger partial charge in [-0.3, -0.25) is 0 Å². The molecule has 2 aromatic heterocycles. The molecule has 1 amide bonds. The number of aryl methyl sites for hydroxylation is 2. The van der Waals surface area contributed by atoms with E-state index in [1.165, 1.54) is 11.3 Å². The number of hydrogen-bond acceptors (Lipinski definition) is 6. The van der Waals surface area contributed by atoms with E-state index in [1.54, 1.807) is 6.20 Å². The number of unbranched alkanes of at least 4 members (excludes halogenated alkanes) is 1. The average molecular weight is 349 g/mol. The first-order valence-corrected chi connectivity index (χ1v) is 8.88. The molecule has 0 aliphatic heterocycles. The summed E-state index contributed by atoms with van der Waals surface area (Å²) in [6.45, 7) is 7.79. The van der Waals surface area contributed by atoms with Gasteiger partial charge in [-0.05, 0) is 45.8 Å². The second kappa shape index (κ2) is 8.63. The number of aromatic nitrogens is 2. The van der Waals surface area contributed by atoms with Crippen molar-refractivity contribution in [3.8, 4) is 5.06 Å². The van der Waals surface area contributed by atoms with Crippen LogP contribution < -0.4 is 10.1 Å². The molecule has 0 saturated heterocycles. The third-order valence-corrected chi connectivity index (χ3v) is 4.09. The fourth-order valence-electron chi connectivity index (χ4n) is 2.07.